The zero-order valence-corrected chi connectivity index (χ0v) is 20.4. The molecule has 1 heterocycles. The van der Waals surface area contributed by atoms with Gasteiger partial charge in [-0.3, -0.25) is 19.3 Å². The van der Waals surface area contributed by atoms with Crippen LogP contribution in [0.5, 0.6) is 0 Å². The van der Waals surface area contributed by atoms with Gasteiger partial charge in [-0.05, 0) is 42.7 Å². The number of carbonyl (C=O) groups excluding carboxylic acids is 4. The highest BCUT2D eigenvalue weighted by Gasteiger charge is 2.51. The maximum Gasteiger partial charge on any atom is 0.325 e. The molecule has 2 fully saturated rings. The summed E-state index contributed by atoms with van der Waals surface area (Å²) >= 11 is 5.97. The van der Waals surface area contributed by atoms with Crippen molar-refractivity contribution in [2.45, 2.75) is 50.1 Å². The summed E-state index contributed by atoms with van der Waals surface area (Å²) < 4.78 is 0. The van der Waals surface area contributed by atoms with E-state index in [1.165, 1.54) is 4.90 Å². The first-order valence-electron chi connectivity index (χ1n) is 11.8. The maximum atomic E-state index is 13.4. The lowest BCUT2D eigenvalue weighted by Gasteiger charge is -2.30. The molecule has 0 bridgehead atoms. The van der Waals surface area contributed by atoms with Crippen LogP contribution in [0.3, 0.4) is 0 Å². The van der Waals surface area contributed by atoms with Crippen molar-refractivity contribution in [3.8, 4) is 0 Å². The van der Waals surface area contributed by atoms with Crippen molar-refractivity contribution in [1.29, 1.82) is 0 Å². The number of hydrogen-bond acceptors (Lipinski definition) is 4. The topological polar surface area (TPSA) is 98.8 Å². The molecule has 0 radical (unpaired) electrons. The third-order valence-corrected chi connectivity index (χ3v) is 6.97. The highest BCUT2D eigenvalue weighted by molar-refractivity contribution is 6.30. The van der Waals surface area contributed by atoms with Crippen molar-refractivity contribution in [2.75, 3.05) is 18.5 Å². The summed E-state index contributed by atoms with van der Waals surface area (Å²) in [5, 5.41) is 6.11. The van der Waals surface area contributed by atoms with Crippen LogP contribution in [0.25, 0.3) is 0 Å². The largest absolute Gasteiger partial charge is 0.342 e. The van der Waals surface area contributed by atoms with E-state index in [9.17, 15) is 19.2 Å². The van der Waals surface area contributed by atoms with Crippen LogP contribution in [0, 0.1) is 0 Å². The van der Waals surface area contributed by atoms with Gasteiger partial charge in [0.2, 0.25) is 11.8 Å². The van der Waals surface area contributed by atoms with Crippen LogP contribution >= 0.6 is 11.6 Å². The summed E-state index contributed by atoms with van der Waals surface area (Å²) in [4.78, 5) is 54.4. The molecular formula is C26H29ClN4O4. The molecule has 1 saturated heterocycles. The van der Waals surface area contributed by atoms with Crippen LogP contribution in [0.15, 0.2) is 54.6 Å². The van der Waals surface area contributed by atoms with Gasteiger partial charge in [0.25, 0.3) is 5.91 Å². The first-order valence-corrected chi connectivity index (χ1v) is 12.2. The Kier molecular flexibility index (Phi) is 7.40. The standard InChI is InChI=1S/C26H29ClN4O4/c1-30(20-12-10-19(27)11-13-20)23(33)21(16-18-8-4-2-5-9-18)28-22(32)17-31-24(34)26(29-25(31)35)14-6-3-7-15-26/h2,4-5,8-13,21H,3,6-7,14-17H2,1H3,(H,28,32)(H,29,35)/t21-/m0/s1. The maximum absolute atomic E-state index is 13.4. The summed E-state index contributed by atoms with van der Waals surface area (Å²) in [6.45, 7) is -0.435. The van der Waals surface area contributed by atoms with Gasteiger partial charge >= 0.3 is 6.03 Å². The fraction of sp³-hybridized carbons (Fsp3) is 0.385. The number of nitrogens with zero attached hydrogens (tertiary/aromatic N) is 2. The van der Waals surface area contributed by atoms with E-state index < -0.39 is 30.1 Å². The van der Waals surface area contributed by atoms with E-state index in [1.54, 1.807) is 31.3 Å². The van der Waals surface area contributed by atoms with Gasteiger partial charge in [-0.15, -0.1) is 0 Å². The van der Waals surface area contributed by atoms with E-state index in [0.717, 1.165) is 29.7 Å². The van der Waals surface area contributed by atoms with Crippen molar-refractivity contribution in [1.82, 2.24) is 15.5 Å². The van der Waals surface area contributed by atoms with E-state index in [1.807, 2.05) is 30.3 Å². The van der Waals surface area contributed by atoms with Gasteiger partial charge in [-0.1, -0.05) is 61.2 Å². The molecule has 2 aromatic rings. The number of anilines is 1. The number of rotatable bonds is 7. The Morgan fingerprint density at radius 1 is 1.06 bits per heavy atom. The molecule has 4 rings (SSSR count). The predicted octanol–water partition coefficient (Wildman–Crippen LogP) is 3.29. The molecule has 2 aliphatic rings. The van der Waals surface area contributed by atoms with Gasteiger partial charge in [-0.2, -0.15) is 0 Å². The number of benzene rings is 2. The lowest BCUT2D eigenvalue weighted by atomic mass is 9.82. The Balaban J connectivity index is 1.48. The minimum Gasteiger partial charge on any atom is -0.342 e. The Morgan fingerprint density at radius 2 is 1.71 bits per heavy atom. The number of likely N-dealkylation sites (N-methyl/N-ethyl adjacent to an activating group) is 1. The number of amides is 5. The normalized spacial score (nSPS) is 17.7. The van der Waals surface area contributed by atoms with Crippen LogP contribution in [0.2, 0.25) is 5.02 Å². The fourth-order valence-corrected chi connectivity index (χ4v) is 4.90. The molecule has 9 heteroatoms. The van der Waals surface area contributed by atoms with Gasteiger partial charge in [0.15, 0.2) is 0 Å². The number of hydrogen-bond donors (Lipinski definition) is 2. The smallest absolute Gasteiger partial charge is 0.325 e. The summed E-state index contributed by atoms with van der Waals surface area (Å²) in [5.41, 5.74) is 0.593. The van der Waals surface area contributed by atoms with Crippen molar-refractivity contribution >= 4 is 41.0 Å². The Morgan fingerprint density at radius 3 is 2.37 bits per heavy atom. The summed E-state index contributed by atoms with van der Waals surface area (Å²) in [7, 11) is 1.62. The number of urea groups is 1. The lowest BCUT2D eigenvalue weighted by Crippen LogP contribution is -2.52. The molecule has 35 heavy (non-hydrogen) atoms. The Labute approximate surface area is 209 Å². The first kappa shape index (κ1) is 24.7. The molecule has 2 N–H and O–H groups in total. The SMILES string of the molecule is CN(C(=O)[C@H](Cc1ccccc1)NC(=O)CN1C(=O)NC2(CCCCC2)C1=O)c1ccc(Cl)cc1. The molecule has 8 nitrogen and oxygen atoms in total. The van der Waals surface area contributed by atoms with Crippen LogP contribution in [0.1, 0.15) is 37.7 Å². The van der Waals surface area contributed by atoms with Gasteiger partial charge in [-0.25, -0.2) is 4.79 Å². The van der Waals surface area contributed by atoms with E-state index in [-0.39, 0.29) is 18.2 Å². The summed E-state index contributed by atoms with van der Waals surface area (Å²) in [6, 6.07) is 14.7. The molecule has 0 unspecified atom stereocenters. The zero-order valence-electron chi connectivity index (χ0n) is 19.6. The average Bonchev–Trinajstić information content (AvgIpc) is 3.08. The second-order valence-corrected chi connectivity index (χ2v) is 9.58. The van der Waals surface area contributed by atoms with Crippen molar-refractivity contribution in [3.63, 3.8) is 0 Å². The number of nitrogens with one attached hydrogen (secondary N) is 2. The molecule has 1 spiro atoms. The molecule has 1 aliphatic carbocycles. The van der Waals surface area contributed by atoms with E-state index in [4.69, 9.17) is 11.6 Å². The van der Waals surface area contributed by atoms with E-state index in [0.29, 0.717) is 23.6 Å². The second kappa shape index (κ2) is 10.5. The number of carbonyl (C=O) groups is 4. The molecule has 184 valence electrons. The molecule has 1 aliphatic heterocycles. The summed E-state index contributed by atoms with van der Waals surface area (Å²) in [6.07, 6.45) is 4.16. The predicted molar refractivity (Wildman–Crippen MR) is 133 cm³/mol. The lowest BCUT2D eigenvalue weighted by molar-refractivity contribution is -0.136. The molecular weight excluding hydrogens is 468 g/mol. The Bertz CT molecular complexity index is 1100. The van der Waals surface area contributed by atoms with Crippen molar-refractivity contribution < 1.29 is 19.2 Å². The first-order chi connectivity index (χ1) is 16.8. The Hall–Kier alpha value is -3.39. The highest BCUT2D eigenvalue weighted by Crippen LogP contribution is 2.33. The van der Waals surface area contributed by atoms with E-state index in [2.05, 4.69) is 10.6 Å². The van der Waals surface area contributed by atoms with Crippen molar-refractivity contribution in [3.05, 3.63) is 65.2 Å². The fourth-order valence-electron chi connectivity index (χ4n) is 4.77. The minimum absolute atomic E-state index is 0.257. The van der Waals surface area contributed by atoms with Gasteiger partial charge in [0.05, 0.1) is 0 Å². The third kappa shape index (κ3) is 5.48. The van der Waals surface area contributed by atoms with Gasteiger partial charge in [0, 0.05) is 24.2 Å². The van der Waals surface area contributed by atoms with Crippen LogP contribution in [-0.4, -0.2) is 53.8 Å². The molecule has 5 amide bonds. The summed E-state index contributed by atoms with van der Waals surface area (Å²) in [5.74, 6) is -1.26. The van der Waals surface area contributed by atoms with Crippen LogP contribution in [-0.2, 0) is 20.8 Å². The molecule has 1 saturated carbocycles. The van der Waals surface area contributed by atoms with Crippen LogP contribution < -0.4 is 15.5 Å². The third-order valence-electron chi connectivity index (χ3n) is 6.72. The molecule has 1 atom stereocenters. The van der Waals surface area contributed by atoms with E-state index >= 15 is 0 Å². The van der Waals surface area contributed by atoms with Gasteiger partial charge in [0.1, 0.15) is 18.1 Å². The second-order valence-electron chi connectivity index (χ2n) is 9.15. The quantitative estimate of drug-likeness (QED) is 0.574. The average molecular weight is 497 g/mol. The number of halogens is 1. The molecule has 0 aromatic heterocycles. The van der Waals surface area contributed by atoms with Crippen LogP contribution in [0.4, 0.5) is 10.5 Å². The highest BCUT2D eigenvalue weighted by atomic mass is 35.5. The monoisotopic (exact) mass is 496 g/mol. The molecule has 2 aromatic carbocycles. The number of imide groups is 1. The zero-order chi connectivity index (χ0) is 25.0. The van der Waals surface area contributed by atoms with Gasteiger partial charge < -0.3 is 15.5 Å². The minimum atomic E-state index is -0.899. The van der Waals surface area contributed by atoms with Crippen molar-refractivity contribution in [2.24, 2.45) is 0 Å².